The Morgan fingerprint density at radius 3 is 2.83 bits per heavy atom. The number of sulfonamides is 1. The van der Waals surface area contributed by atoms with Crippen molar-refractivity contribution in [2.75, 3.05) is 29.9 Å². The summed E-state index contributed by atoms with van der Waals surface area (Å²) < 4.78 is 24.2. The average Bonchev–Trinajstić information content (AvgIpc) is 2.62. The van der Waals surface area contributed by atoms with E-state index in [4.69, 9.17) is 5.73 Å². The van der Waals surface area contributed by atoms with Gasteiger partial charge >= 0.3 is 0 Å². The molecule has 3 N–H and O–H groups in total. The van der Waals surface area contributed by atoms with Crippen molar-refractivity contribution in [3.63, 3.8) is 0 Å². The van der Waals surface area contributed by atoms with Crippen LogP contribution in [0.3, 0.4) is 0 Å². The van der Waals surface area contributed by atoms with Crippen molar-refractivity contribution < 1.29 is 13.2 Å². The molecule has 1 aromatic rings. The van der Waals surface area contributed by atoms with Crippen molar-refractivity contribution in [3.8, 4) is 0 Å². The molecule has 0 unspecified atom stereocenters. The first-order valence-electron chi connectivity index (χ1n) is 5.46. The standard InChI is InChI=1S/C10H14N4O3S/c11-9-3-2-8(6-12-9)13-10(15)7-14-4-1-5-18(14,16)17/h2-3,6H,1,4-5,7H2,(H2,11,12)(H,13,15). The van der Waals surface area contributed by atoms with Crippen LogP contribution in [0, 0.1) is 0 Å². The van der Waals surface area contributed by atoms with E-state index in [-0.39, 0.29) is 18.2 Å². The van der Waals surface area contributed by atoms with Gasteiger partial charge < -0.3 is 11.1 Å². The Balaban J connectivity index is 1.95. The van der Waals surface area contributed by atoms with E-state index in [9.17, 15) is 13.2 Å². The second-order valence-electron chi connectivity index (χ2n) is 4.02. The van der Waals surface area contributed by atoms with Crippen LogP contribution in [0.25, 0.3) is 0 Å². The number of nitrogen functional groups attached to an aromatic ring is 1. The molecule has 0 saturated carbocycles. The predicted octanol–water partition coefficient (Wildman–Crippen LogP) is -0.362. The molecular formula is C10H14N4O3S. The highest BCUT2D eigenvalue weighted by Gasteiger charge is 2.29. The summed E-state index contributed by atoms with van der Waals surface area (Å²) in [4.78, 5) is 15.5. The second kappa shape index (κ2) is 4.91. The lowest BCUT2D eigenvalue weighted by atomic mass is 10.4. The number of nitrogens with zero attached hydrogens (tertiary/aromatic N) is 2. The molecule has 18 heavy (non-hydrogen) atoms. The molecule has 1 aliphatic rings. The van der Waals surface area contributed by atoms with Gasteiger partial charge in [0, 0.05) is 6.54 Å². The van der Waals surface area contributed by atoms with Gasteiger partial charge in [-0.1, -0.05) is 0 Å². The van der Waals surface area contributed by atoms with E-state index < -0.39 is 10.0 Å². The first-order chi connectivity index (χ1) is 8.47. The Morgan fingerprint density at radius 1 is 1.50 bits per heavy atom. The van der Waals surface area contributed by atoms with Crippen LogP contribution in [0.4, 0.5) is 11.5 Å². The van der Waals surface area contributed by atoms with Crippen LogP contribution in [0.5, 0.6) is 0 Å². The topological polar surface area (TPSA) is 105 Å². The van der Waals surface area contributed by atoms with Crippen molar-refractivity contribution in [3.05, 3.63) is 18.3 Å². The van der Waals surface area contributed by atoms with Gasteiger partial charge in [-0.05, 0) is 18.6 Å². The lowest BCUT2D eigenvalue weighted by molar-refractivity contribution is -0.116. The molecule has 8 heteroatoms. The number of nitrogens with two attached hydrogens (primary N) is 1. The van der Waals surface area contributed by atoms with Crippen LogP contribution in [0.1, 0.15) is 6.42 Å². The lowest BCUT2D eigenvalue weighted by Crippen LogP contribution is -2.34. The summed E-state index contributed by atoms with van der Waals surface area (Å²) in [5.41, 5.74) is 5.91. The van der Waals surface area contributed by atoms with Crippen LogP contribution in [0.2, 0.25) is 0 Å². The molecule has 2 heterocycles. The number of aromatic nitrogens is 1. The van der Waals surface area contributed by atoms with Gasteiger partial charge in [0.1, 0.15) is 5.82 Å². The molecule has 0 aliphatic carbocycles. The molecule has 7 nitrogen and oxygen atoms in total. The number of pyridine rings is 1. The van der Waals surface area contributed by atoms with Crippen LogP contribution in [-0.2, 0) is 14.8 Å². The third-order valence-electron chi connectivity index (χ3n) is 2.59. The van der Waals surface area contributed by atoms with Gasteiger partial charge in [0.15, 0.2) is 0 Å². The highest BCUT2D eigenvalue weighted by molar-refractivity contribution is 7.89. The van der Waals surface area contributed by atoms with Crippen LogP contribution >= 0.6 is 0 Å². The van der Waals surface area contributed by atoms with Gasteiger partial charge in [0.25, 0.3) is 0 Å². The van der Waals surface area contributed by atoms with Gasteiger partial charge in [-0.25, -0.2) is 13.4 Å². The molecular weight excluding hydrogens is 256 g/mol. The fourth-order valence-electron chi connectivity index (χ4n) is 1.71. The molecule has 0 aromatic carbocycles. The Labute approximate surface area is 105 Å². The van der Waals surface area contributed by atoms with Crippen molar-refractivity contribution in [2.45, 2.75) is 6.42 Å². The van der Waals surface area contributed by atoms with E-state index in [1.54, 1.807) is 12.1 Å². The number of anilines is 2. The largest absolute Gasteiger partial charge is 0.384 e. The number of carbonyl (C=O) groups is 1. The van der Waals surface area contributed by atoms with E-state index in [0.29, 0.717) is 24.5 Å². The van der Waals surface area contributed by atoms with Crippen LogP contribution in [-0.4, -0.2) is 42.5 Å². The summed E-state index contributed by atoms with van der Waals surface area (Å²) in [6, 6.07) is 3.17. The highest BCUT2D eigenvalue weighted by atomic mass is 32.2. The summed E-state index contributed by atoms with van der Waals surface area (Å²) in [5, 5.41) is 2.57. The summed E-state index contributed by atoms with van der Waals surface area (Å²) in [6.45, 7) is 0.239. The van der Waals surface area contributed by atoms with Gasteiger partial charge in [-0.2, -0.15) is 4.31 Å². The third kappa shape index (κ3) is 2.96. The van der Waals surface area contributed by atoms with Crippen LogP contribution < -0.4 is 11.1 Å². The molecule has 1 saturated heterocycles. The van der Waals surface area contributed by atoms with Crippen molar-refractivity contribution >= 4 is 27.4 Å². The molecule has 98 valence electrons. The van der Waals surface area contributed by atoms with E-state index in [0.717, 1.165) is 0 Å². The number of hydrogen-bond acceptors (Lipinski definition) is 5. The Bertz CT molecular complexity index is 541. The van der Waals surface area contributed by atoms with E-state index in [2.05, 4.69) is 10.3 Å². The number of hydrogen-bond donors (Lipinski definition) is 2. The molecule has 1 fully saturated rings. The Morgan fingerprint density at radius 2 is 2.28 bits per heavy atom. The number of rotatable bonds is 3. The molecule has 1 aromatic heterocycles. The third-order valence-corrected chi connectivity index (χ3v) is 4.50. The zero-order chi connectivity index (χ0) is 13.2. The smallest absolute Gasteiger partial charge is 0.239 e. The lowest BCUT2D eigenvalue weighted by Gasteiger charge is -2.13. The first-order valence-corrected chi connectivity index (χ1v) is 7.07. The summed E-state index contributed by atoms with van der Waals surface area (Å²) in [5.74, 6) is 0.0890. The number of amides is 1. The SMILES string of the molecule is Nc1ccc(NC(=O)CN2CCCS2(=O)=O)cn1. The van der Waals surface area contributed by atoms with E-state index in [1.165, 1.54) is 10.5 Å². The maximum absolute atomic E-state index is 11.7. The Kier molecular flexibility index (Phi) is 3.48. The maximum Gasteiger partial charge on any atom is 0.239 e. The van der Waals surface area contributed by atoms with Crippen molar-refractivity contribution in [2.24, 2.45) is 0 Å². The van der Waals surface area contributed by atoms with Crippen molar-refractivity contribution in [1.29, 1.82) is 0 Å². The fourth-order valence-corrected chi connectivity index (χ4v) is 3.18. The number of nitrogens with one attached hydrogen (secondary N) is 1. The monoisotopic (exact) mass is 270 g/mol. The molecule has 1 aliphatic heterocycles. The zero-order valence-corrected chi connectivity index (χ0v) is 10.5. The molecule has 1 amide bonds. The first kappa shape index (κ1) is 12.8. The maximum atomic E-state index is 11.7. The summed E-state index contributed by atoms with van der Waals surface area (Å²) in [6.07, 6.45) is 1.99. The minimum Gasteiger partial charge on any atom is -0.384 e. The minimum atomic E-state index is -3.24. The number of carbonyl (C=O) groups excluding carboxylic acids is 1. The molecule has 2 rings (SSSR count). The van der Waals surface area contributed by atoms with Gasteiger partial charge in [-0.3, -0.25) is 4.79 Å². The van der Waals surface area contributed by atoms with E-state index in [1.807, 2.05) is 0 Å². The van der Waals surface area contributed by atoms with Gasteiger partial charge in [0.05, 0.1) is 24.2 Å². The molecule has 0 atom stereocenters. The summed E-state index contributed by atoms with van der Waals surface area (Å²) in [7, 11) is -3.24. The summed E-state index contributed by atoms with van der Waals surface area (Å²) >= 11 is 0. The molecule has 0 radical (unpaired) electrons. The Hall–Kier alpha value is -1.67. The van der Waals surface area contributed by atoms with Crippen LogP contribution in [0.15, 0.2) is 18.3 Å². The van der Waals surface area contributed by atoms with Gasteiger partial charge in [-0.15, -0.1) is 0 Å². The quantitative estimate of drug-likeness (QED) is 0.780. The predicted molar refractivity (Wildman–Crippen MR) is 67.3 cm³/mol. The molecule has 0 spiro atoms. The van der Waals surface area contributed by atoms with Gasteiger partial charge in [0.2, 0.25) is 15.9 Å². The fraction of sp³-hybridized carbons (Fsp3) is 0.400. The zero-order valence-electron chi connectivity index (χ0n) is 9.67. The molecule has 0 bridgehead atoms. The highest BCUT2D eigenvalue weighted by Crippen LogP contribution is 2.13. The second-order valence-corrected chi connectivity index (χ2v) is 6.11. The normalized spacial score (nSPS) is 18.7. The minimum absolute atomic E-state index is 0.115. The van der Waals surface area contributed by atoms with E-state index >= 15 is 0 Å². The average molecular weight is 270 g/mol. The van der Waals surface area contributed by atoms with Crippen molar-refractivity contribution in [1.82, 2.24) is 9.29 Å².